The molecule has 1 fully saturated rings. The highest BCUT2D eigenvalue weighted by Gasteiger charge is 2.28. The Bertz CT molecular complexity index is 265. The van der Waals surface area contributed by atoms with Crippen LogP contribution in [-0.2, 0) is 10.2 Å². The van der Waals surface area contributed by atoms with Gasteiger partial charge in [-0.3, -0.25) is 0 Å². The van der Waals surface area contributed by atoms with E-state index in [9.17, 15) is 8.42 Å². The van der Waals surface area contributed by atoms with Gasteiger partial charge in [-0.1, -0.05) is 13.3 Å². The first-order valence-corrected chi connectivity index (χ1v) is 7.37. The Kier molecular flexibility index (Phi) is 5.32. The van der Waals surface area contributed by atoms with Gasteiger partial charge >= 0.3 is 0 Å². The molecule has 1 aliphatic heterocycles. The molecule has 0 aliphatic carbocycles. The van der Waals surface area contributed by atoms with Crippen molar-refractivity contribution < 1.29 is 8.42 Å². The van der Waals surface area contributed by atoms with Crippen LogP contribution in [0.15, 0.2) is 0 Å². The maximum Gasteiger partial charge on any atom is 0.282 e. The Labute approximate surface area is 97.4 Å². The maximum absolute atomic E-state index is 12.1. The van der Waals surface area contributed by atoms with Crippen molar-refractivity contribution in [2.45, 2.75) is 26.2 Å². The SMILES string of the molecule is CCN(CCCl)S(=O)(=O)N1CCCCC1. The van der Waals surface area contributed by atoms with E-state index in [0.29, 0.717) is 32.1 Å². The van der Waals surface area contributed by atoms with Crippen LogP contribution < -0.4 is 0 Å². The van der Waals surface area contributed by atoms with E-state index < -0.39 is 10.2 Å². The molecule has 0 N–H and O–H groups in total. The molecule has 90 valence electrons. The van der Waals surface area contributed by atoms with E-state index in [-0.39, 0.29) is 0 Å². The van der Waals surface area contributed by atoms with Gasteiger partial charge in [0.05, 0.1) is 0 Å². The lowest BCUT2D eigenvalue weighted by Crippen LogP contribution is -2.46. The summed E-state index contributed by atoms with van der Waals surface area (Å²) in [6.07, 6.45) is 3.07. The van der Waals surface area contributed by atoms with Crippen molar-refractivity contribution in [3.63, 3.8) is 0 Å². The standard InChI is InChI=1S/C9H19ClN2O2S/c1-2-11(9-6-10)15(13,14)12-7-4-3-5-8-12/h2-9H2,1H3. The van der Waals surface area contributed by atoms with Crippen LogP contribution in [-0.4, -0.2) is 49.1 Å². The number of hydrogen-bond acceptors (Lipinski definition) is 2. The molecule has 0 aromatic rings. The maximum atomic E-state index is 12.1. The van der Waals surface area contributed by atoms with Crippen molar-refractivity contribution >= 4 is 21.8 Å². The summed E-state index contributed by atoms with van der Waals surface area (Å²) in [6.45, 7) is 4.04. The fourth-order valence-corrected chi connectivity index (χ4v) is 3.79. The van der Waals surface area contributed by atoms with Crippen LogP contribution in [0.5, 0.6) is 0 Å². The molecule has 1 saturated heterocycles. The van der Waals surface area contributed by atoms with Crippen LogP contribution in [0.1, 0.15) is 26.2 Å². The van der Waals surface area contributed by atoms with Crippen molar-refractivity contribution in [1.29, 1.82) is 0 Å². The topological polar surface area (TPSA) is 40.6 Å². The van der Waals surface area contributed by atoms with Crippen LogP contribution in [0.3, 0.4) is 0 Å². The van der Waals surface area contributed by atoms with Gasteiger partial charge in [0.2, 0.25) is 0 Å². The third kappa shape index (κ3) is 3.31. The van der Waals surface area contributed by atoms with Crippen molar-refractivity contribution in [3.8, 4) is 0 Å². The zero-order chi connectivity index (χ0) is 11.3. The second-order valence-electron chi connectivity index (χ2n) is 3.65. The van der Waals surface area contributed by atoms with Crippen molar-refractivity contribution in [3.05, 3.63) is 0 Å². The second kappa shape index (κ2) is 6.03. The molecule has 15 heavy (non-hydrogen) atoms. The van der Waals surface area contributed by atoms with Crippen LogP contribution in [0.4, 0.5) is 0 Å². The van der Waals surface area contributed by atoms with Gasteiger partial charge in [0.15, 0.2) is 0 Å². The van der Waals surface area contributed by atoms with Crippen LogP contribution in [0.25, 0.3) is 0 Å². The fraction of sp³-hybridized carbons (Fsp3) is 1.00. The normalized spacial score (nSPS) is 19.7. The molecule has 0 amide bonds. The summed E-state index contributed by atoms with van der Waals surface area (Å²) < 4.78 is 27.2. The van der Waals surface area contributed by atoms with Crippen molar-refractivity contribution in [1.82, 2.24) is 8.61 Å². The van der Waals surface area contributed by atoms with E-state index in [0.717, 1.165) is 19.3 Å². The van der Waals surface area contributed by atoms with Crippen LogP contribution in [0.2, 0.25) is 0 Å². The number of hydrogen-bond donors (Lipinski definition) is 0. The Morgan fingerprint density at radius 2 is 1.87 bits per heavy atom. The molecule has 0 bridgehead atoms. The molecular weight excluding hydrogens is 236 g/mol. The molecule has 0 saturated carbocycles. The third-order valence-electron chi connectivity index (χ3n) is 2.65. The largest absolute Gasteiger partial charge is 0.282 e. The summed E-state index contributed by atoms with van der Waals surface area (Å²) >= 11 is 5.60. The highest BCUT2D eigenvalue weighted by molar-refractivity contribution is 7.86. The molecule has 1 rings (SSSR count). The monoisotopic (exact) mass is 254 g/mol. The smallest absolute Gasteiger partial charge is 0.195 e. The predicted molar refractivity (Wildman–Crippen MR) is 62.3 cm³/mol. The van der Waals surface area contributed by atoms with Crippen molar-refractivity contribution in [2.24, 2.45) is 0 Å². The van der Waals surface area contributed by atoms with Gasteiger partial charge in [-0.05, 0) is 12.8 Å². The number of rotatable bonds is 5. The summed E-state index contributed by atoms with van der Waals surface area (Å²) in [6, 6.07) is 0. The van der Waals surface area contributed by atoms with E-state index in [1.54, 1.807) is 4.31 Å². The van der Waals surface area contributed by atoms with Gasteiger partial charge in [-0.2, -0.15) is 17.0 Å². The Morgan fingerprint density at radius 3 is 2.33 bits per heavy atom. The van der Waals surface area contributed by atoms with Gasteiger partial charge in [0.1, 0.15) is 0 Å². The van der Waals surface area contributed by atoms with E-state index in [1.165, 1.54) is 4.31 Å². The summed E-state index contributed by atoms with van der Waals surface area (Å²) in [5, 5.41) is 0. The Morgan fingerprint density at radius 1 is 1.27 bits per heavy atom. The minimum atomic E-state index is -3.25. The first-order chi connectivity index (χ1) is 7.12. The zero-order valence-corrected chi connectivity index (χ0v) is 10.7. The molecule has 0 unspecified atom stereocenters. The quantitative estimate of drug-likeness (QED) is 0.694. The first kappa shape index (κ1) is 13.2. The van der Waals surface area contributed by atoms with Crippen LogP contribution >= 0.6 is 11.6 Å². The summed E-state index contributed by atoms with van der Waals surface area (Å²) in [5.41, 5.74) is 0. The second-order valence-corrected chi connectivity index (χ2v) is 5.95. The molecule has 1 aliphatic rings. The lowest BCUT2D eigenvalue weighted by Gasteiger charge is -2.31. The molecular formula is C9H19ClN2O2S. The molecule has 4 nitrogen and oxygen atoms in total. The van der Waals surface area contributed by atoms with Gasteiger partial charge < -0.3 is 0 Å². The highest BCUT2D eigenvalue weighted by atomic mass is 35.5. The van der Waals surface area contributed by atoms with Gasteiger partial charge in [-0.25, -0.2) is 0 Å². The van der Waals surface area contributed by atoms with E-state index in [4.69, 9.17) is 11.6 Å². The minimum Gasteiger partial charge on any atom is -0.195 e. The summed E-state index contributed by atoms with van der Waals surface area (Å²) in [4.78, 5) is 0. The number of halogens is 1. The lowest BCUT2D eigenvalue weighted by molar-refractivity contribution is 0.310. The molecule has 0 spiro atoms. The van der Waals surface area contributed by atoms with E-state index in [1.807, 2.05) is 6.92 Å². The fourth-order valence-electron chi connectivity index (χ4n) is 1.79. The average molecular weight is 255 g/mol. The number of piperidine rings is 1. The van der Waals surface area contributed by atoms with E-state index >= 15 is 0 Å². The summed E-state index contributed by atoms with van der Waals surface area (Å²) in [7, 11) is -3.25. The summed E-state index contributed by atoms with van der Waals surface area (Å²) in [5.74, 6) is 0.348. The average Bonchev–Trinajstić information content (AvgIpc) is 2.27. The van der Waals surface area contributed by atoms with Crippen LogP contribution in [0, 0.1) is 0 Å². The van der Waals surface area contributed by atoms with E-state index in [2.05, 4.69) is 0 Å². The molecule has 0 atom stereocenters. The minimum absolute atomic E-state index is 0.348. The van der Waals surface area contributed by atoms with Crippen molar-refractivity contribution in [2.75, 3.05) is 32.1 Å². The number of alkyl halides is 1. The lowest BCUT2D eigenvalue weighted by atomic mass is 10.2. The zero-order valence-electron chi connectivity index (χ0n) is 9.15. The molecule has 0 aromatic heterocycles. The molecule has 0 aromatic carbocycles. The predicted octanol–water partition coefficient (Wildman–Crippen LogP) is 1.28. The molecule has 0 radical (unpaired) electrons. The molecule has 1 heterocycles. The highest BCUT2D eigenvalue weighted by Crippen LogP contribution is 2.16. The first-order valence-electron chi connectivity index (χ1n) is 5.44. The Hall–Kier alpha value is 0.160. The van der Waals surface area contributed by atoms with Gasteiger partial charge in [0, 0.05) is 32.1 Å². The molecule has 6 heteroatoms. The Balaban J connectivity index is 2.69. The third-order valence-corrected chi connectivity index (χ3v) is 4.93. The van der Waals surface area contributed by atoms with Gasteiger partial charge in [-0.15, -0.1) is 11.6 Å². The number of nitrogens with zero attached hydrogens (tertiary/aromatic N) is 2. The van der Waals surface area contributed by atoms with Gasteiger partial charge in [0.25, 0.3) is 10.2 Å².